The molecule has 0 saturated carbocycles. The predicted octanol–water partition coefficient (Wildman–Crippen LogP) is 2.59. The van der Waals surface area contributed by atoms with Crippen molar-refractivity contribution in [1.29, 1.82) is 0 Å². The molecule has 0 bridgehead atoms. The van der Waals surface area contributed by atoms with Crippen molar-refractivity contribution in [2.45, 2.75) is 13.8 Å². The summed E-state index contributed by atoms with van der Waals surface area (Å²) in [6.07, 6.45) is 4.61. The van der Waals surface area contributed by atoms with Gasteiger partial charge in [0.05, 0.1) is 6.20 Å². The lowest BCUT2D eigenvalue weighted by Crippen LogP contribution is -2.49. The van der Waals surface area contributed by atoms with Gasteiger partial charge in [0, 0.05) is 56.0 Å². The molecule has 0 spiro atoms. The quantitative estimate of drug-likeness (QED) is 0.734. The summed E-state index contributed by atoms with van der Waals surface area (Å²) < 4.78 is 0. The van der Waals surface area contributed by atoms with Crippen LogP contribution in [-0.2, 0) is 0 Å². The highest BCUT2D eigenvalue weighted by Crippen LogP contribution is 2.20. The molecule has 3 heterocycles. The second-order valence-corrected chi connectivity index (χ2v) is 7.05. The summed E-state index contributed by atoms with van der Waals surface area (Å²) in [6.45, 7) is 6.64. The van der Waals surface area contributed by atoms with Crippen molar-refractivity contribution >= 4 is 23.4 Å². The number of nitrogens with zero attached hydrogens (tertiary/aromatic N) is 6. The molecule has 8 nitrogen and oxygen atoms in total. The van der Waals surface area contributed by atoms with Gasteiger partial charge in [-0.15, -0.1) is 0 Å². The maximum Gasteiger partial charge on any atom is 0.274 e. The van der Waals surface area contributed by atoms with E-state index in [2.05, 4.69) is 37.1 Å². The number of carbonyl (C=O) groups is 1. The van der Waals surface area contributed by atoms with Gasteiger partial charge in [0.2, 0.25) is 5.95 Å². The summed E-state index contributed by atoms with van der Waals surface area (Å²) in [5.74, 6) is 1.35. The lowest BCUT2D eigenvalue weighted by atomic mass is 10.2. The Labute approximate surface area is 169 Å². The zero-order valence-electron chi connectivity index (χ0n) is 16.5. The molecule has 1 saturated heterocycles. The Bertz CT molecular complexity index is 984. The maximum atomic E-state index is 12.5. The van der Waals surface area contributed by atoms with Gasteiger partial charge in [0.1, 0.15) is 11.5 Å². The SMILES string of the molecule is Cc1ccc(Nc2nc(C)cc(N3CCN(C(=O)c4cnccn4)CC3)n2)cc1. The molecule has 1 N–H and O–H groups in total. The molecule has 3 aromatic rings. The first-order chi connectivity index (χ1) is 14.1. The molecule has 2 aromatic heterocycles. The van der Waals surface area contributed by atoms with Gasteiger partial charge in [-0.1, -0.05) is 17.7 Å². The van der Waals surface area contributed by atoms with Crippen molar-refractivity contribution in [3.63, 3.8) is 0 Å². The molecule has 8 heteroatoms. The van der Waals surface area contributed by atoms with E-state index in [4.69, 9.17) is 0 Å². The van der Waals surface area contributed by atoms with Crippen molar-refractivity contribution in [1.82, 2.24) is 24.8 Å². The molecule has 1 aliphatic heterocycles. The van der Waals surface area contributed by atoms with E-state index in [-0.39, 0.29) is 5.91 Å². The highest BCUT2D eigenvalue weighted by molar-refractivity contribution is 5.92. The van der Waals surface area contributed by atoms with Gasteiger partial charge < -0.3 is 15.1 Å². The largest absolute Gasteiger partial charge is 0.353 e. The molecule has 1 amide bonds. The molecule has 1 aliphatic rings. The van der Waals surface area contributed by atoms with Crippen molar-refractivity contribution in [3.8, 4) is 0 Å². The normalized spacial score (nSPS) is 14.0. The zero-order valence-corrected chi connectivity index (χ0v) is 16.5. The number of hydrogen-bond donors (Lipinski definition) is 1. The number of carbonyl (C=O) groups excluding carboxylic acids is 1. The third-order valence-corrected chi connectivity index (χ3v) is 4.82. The number of hydrogen-bond acceptors (Lipinski definition) is 7. The summed E-state index contributed by atoms with van der Waals surface area (Å²) in [4.78, 5) is 33.8. The van der Waals surface area contributed by atoms with E-state index in [1.165, 1.54) is 18.0 Å². The van der Waals surface area contributed by atoms with Crippen LogP contribution >= 0.6 is 0 Å². The van der Waals surface area contributed by atoms with E-state index in [0.29, 0.717) is 37.8 Å². The van der Waals surface area contributed by atoms with Crippen molar-refractivity contribution < 1.29 is 4.79 Å². The molecule has 1 aromatic carbocycles. The van der Waals surface area contributed by atoms with E-state index in [0.717, 1.165) is 17.2 Å². The average molecular weight is 389 g/mol. The average Bonchev–Trinajstić information content (AvgIpc) is 2.75. The van der Waals surface area contributed by atoms with Gasteiger partial charge in [0.25, 0.3) is 5.91 Å². The van der Waals surface area contributed by atoms with Crippen LogP contribution in [0.3, 0.4) is 0 Å². The fourth-order valence-electron chi connectivity index (χ4n) is 3.25. The van der Waals surface area contributed by atoms with E-state index in [1.54, 1.807) is 11.1 Å². The Morgan fingerprint density at radius 1 is 1.00 bits per heavy atom. The van der Waals surface area contributed by atoms with Gasteiger partial charge in [-0.05, 0) is 26.0 Å². The van der Waals surface area contributed by atoms with Crippen LogP contribution in [-0.4, -0.2) is 56.9 Å². The van der Waals surface area contributed by atoms with Crippen molar-refractivity contribution in [3.05, 3.63) is 65.9 Å². The van der Waals surface area contributed by atoms with Crippen LogP contribution in [0.25, 0.3) is 0 Å². The topological polar surface area (TPSA) is 87.1 Å². The number of piperazine rings is 1. The molecule has 0 atom stereocenters. The number of anilines is 3. The first kappa shape index (κ1) is 18.8. The lowest BCUT2D eigenvalue weighted by Gasteiger charge is -2.35. The van der Waals surface area contributed by atoms with E-state index >= 15 is 0 Å². The second kappa shape index (κ2) is 8.22. The van der Waals surface area contributed by atoms with Crippen LogP contribution in [0.4, 0.5) is 17.5 Å². The molecule has 1 fully saturated rings. The van der Waals surface area contributed by atoms with Gasteiger partial charge in [-0.3, -0.25) is 9.78 Å². The Kier molecular flexibility index (Phi) is 5.33. The van der Waals surface area contributed by atoms with Gasteiger partial charge in [-0.25, -0.2) is 9.97 Å². The maximum absolute atomic E-state index is 12.5. The summed E-state index contributed by atoms with van der Waals surface area (Å²) in [6, 6.07) is 10.1. The number of aryl methyl sites for hydroxylation is 2. The van der Waals surface area contributed by atoms with E-state index in [1.807, 2.05) is 37.3 Å². The number of aromatic nitrogens is 4. The summed E-state index contributed by atoms with van der Waals surface area (Å²) in [7, 11) is 0. The molecular formula is C21H23N7O. The van der Waals surface area contributed by atoms with Gasteiger partial charge >= 0.3 is 0 Å². The minimum Gasteiger partial charge on any atom is -0.353 e. The third-order valence-electron chi connectivity index (χ3n) is 4.82. The Hall–Kier alpha value is -3.55. The van der Waals surface area contributed by atoms with E-state index in [9.17, 15) is 4.79 Å². The summed E-state index contributed by atoms with van der Waals surface area (Å²) in [5, 5.41) is 3.27. The number of benzene rings is 1. The summed E-state index contributed by atoms with van der Waals surface area (Å²) >= 11 is 0. The highest BCUT2D eigenvalue weighted by Gasteiger charge is 2.24. The second-order valence-electron chi connectivity index (χ2n) is 7.05. The Morgan fingerprint density at radius 2 is 1.76 bits per heavy atom. The molecule has 0 radical (unpaired) electrons. The third kappa shape index (κ3) is 4.48. The number of rotatable bonds is 4. The monoisotopic (exact) mass is 389 g/mol. The standard InChI is InChI=1S/C21H23N7O/c1-15-3-5-17(6-4-15)25-21-24-16(2)13-19(26-21)27-9-11-28(12-10-27)20(29)18-14-22-7-8-23-18/h3-8,13-14H,9-12H2,1-2H3,(H,24,25,26). The van der Waals surface area contributed by atoms with Crippen molar-refractivity contribution in [2.75, 3.05) is 36.4 Å². The van der Waals surface area contributed by atoms with E-state index < -0.39 is 0 Å². The van der Waals surface area contributed by atoms with Crippen LogP contribution in [0, 0.1) is 13.8 Å². The van der Waals surface area contributed by atoms with Crippen LogP contribution in [0.5, 0.6) is 0 Å². The van der Waals surface area contributed by atoms with Crippen LogP contribution < -0.4 is 10.2 Å². The number of amides is 1. The smallest absolute Gasteiger partial charge is 0.274 e. The summed E-state index contributed by atoms with van der Waals surface area (Å²) in [5.41, 5.74) is 3.42. The van der Waals surface area contributed by atoms with Crippen molar-refractivity contribution in [2.24, 2.45) is 0 Å². The first-order valence-electron chi connectivity index (χ1n) is 9.58. The minimum absolute atomic E-state index is 0.0849. The Balaban J connectivity index is 1.43. The molecule has 4 rings (SSSR count). The highest BCUT2D eigenvalue weighted by atomic mass is 16.2. The molecule has 148 valence electrons. The fourth-order valence-corrected chi connectivity index (χ4v) is 3.25. The number of nitrogens with one attached hydrogen (secondary N) is 1. The Morgan fingerprint density at radius 3 is 2.45 bits per heavy atom. The minimum atomic E-state index is -0.0849. The van der Waals surface area contributed by atoms with Crippen LogP contribution in [0.1, 0.15) is 21.7 Å². The molecular weight excluding hydrogens is 366 g/mol. The van der Waals surface area contributed by atoms with Gasteiger partial charge in [-0.2, -0.15) is 4.98 Å². The van der Waals surface area contributed by atoms with Crippen LogP contribution in [0.2, 0.25) is 0 Å². The molecule has 0 unspecified atom stereocenters. The molecule has 29 heavy (non-hydrogen) atoms. The van der Waals surface area contributed by atoms with Crippen LogP contribution in [0.15, 0.2) is 48.9 Å². The zero-order chi connectivity index (χ0) is 20.2. The first-order valence-corrected chi connectivity index (χ1v) is 9.58. The molecule has 0 aliphatic carbocycles. The lowest BCUT2D eigenvalue weighted by molar-refractivity contribution is 0.0740. The fraction of sp³-hybridized carbons (Fsp3) is 0.286. The van der Waals surface area contributed by atoms with Gasteiger partial charge in [0.15, 0.2) is 0 Å². The predicted molar refractivity (Wildman–Crippen MR) is 111 cm³/mol.